The maximum Gasteiger partial charge on any atom is 0.243 e. The fourth-order valence-electron chi connectivity index (χ4n) is 3.10. The third-order valence-corrected chi connectivity index (χ3v) is 6.67. The summed E-state index contributed by atoms with van der Waals surface area (Å²) in [4.78, 5) is 6.79. The van der Waals surface area contributed by atoms with Crippen LogP contribution in [0.1, 0.15) is 43.6 Å². The highest BCUT2D eigenvalue weighted by Gasteiger charge is 2.31. The van der Waals surface area contributed by atoms with E-state index in [0.717, 1.165) is 12.8 Å². The molecule has 0 aliphatic carbocycles. The third-order valence-electron chi connectivity index (χ3n) is 4.76. The van der Waals surface area contributed by atoms with Gasteiger partial charge in [-0.1, -0.05) is 12.1 Å². The number of aromatic nitrogens is 2. The van der Waals surface area contributed by atoms with Crippen molar-refractivity contribution < 1.29 is 12.9 Å². The lowest BCUT2D eigenvalue weighted by Gasteiger charge is -2.36. The van der Waals surface area contributed by atoms with E-state index < -0.39 is 10.0 Å². The van der Waals surface area contributed by atoms with E-state index >= 15 is 0 Å². The van der Waals surface area contributed by atoms with Crippen LogP contribution in [0.15, 0.2) is 33.7 Å². The van der Waals surface area contributed by atoms with E-state index in [1.54, 1.807) is 0 Å². The summed E-state index contributed by atoms with van der Waals surface area (Å²) in [7, 11) is -3.56. The van der Waals surface area contributed by atoms with Crippen molar-refractivity contribution in [2.75, 3.05) is 26.2 Å². The Balaban J connectivity index is 1.64. The highest BCUT2D eigenvalue weighted by molar-refractivity contribution is 7.89. The summed E-state index contributed by atoms with van der Waals surface area (Å²) in [5, 5.41) is 12.8. The minimum absolute atomic E-state index is 0.0529. The molecule has 3 rings (SSSR count). The first-order valence-electron chi connectivity index (χ1n) is 9.02. The van der Waals surface area contributed by atoms with E-state index in [0.29, 0.717) is 43.5 Å². The topological polar surface area (TPSA) is 103 Å². The van der Waals surface area contributed by atoms with Crippen molar-refractivity contribution in [3.8, 4) is 6.07 Å². The molecule has 1 aliphatic heterocycles. The van der Waals surface area contributed by atoms with Gasteiger partial charge in [-0.2, -0.15) is 14.6 Å². The van der Waals surface area contributed by atoms with Crippen LogP contribution in [-0.4, -0.2) is 53.9 Å². The quantitative estimate of drug-likeness (QED) is 0.744. The number of rotatable bonds is 6. The van der Waals surface area contributed by atoms with Crippen molar-refractivity contribution in [1.29, 1.82) is 5.26 Å². The zero-order valence-electron chi connectivity index (χ0n) is 15.5. The third kappa shape index (κ3) is 4.18. The van der Waals surface area contributed by atoms with Gasteiger partial charge in [0.2, 0.25) is 15.9 Å². The molecule has 1 aromatic carbocycles. The molecule has 8 nitrogen and oxygen atoms in total. The molecule has 0 amide bonds. The van der Waals surface area contributed by atoms with Crippen LogP contribution in [-0.2, 0) is 16.4 Å². The fraction of sp³-hybridized carbons (Fsp3) is 0.500. The van der Waals surface area contributed by atoms with Crippen LogP contribution in [0.25, 0.3) is 0 Å². The molecule has 2 aromatic rings. The van der Waals surface area contributed by atoms with Gasteiger partial charge >= 0.3 is 0 Å². The Bertz CT molecular complexity index is 909. The summed E-state index contributed by atoms with van der Waals surface area (Å²) in [6, 6.07) is 7.95. The summed E-state index contributed by atoms with van der Waals surface area (Å²) in [6.07, 6.45) is 1.74. The number of hydrogen-bond donors (Lipinski definition) is 0. The maximum atomic E-state index is 12.8. The van der Waals surface area contributed by atoms with E-state index in [1.165, 1.54) is 28.6 Å². The Hall–Kier alpha value is -2.28. The van der Waals surface area contributed by atoms with Gasteiger partial charge in [-0.15, -0.1) is 0 Å². The van der Waals surface area contributed by atoms with Gasteiger partial charge in [0.1, 0.15) is 0 Å². The Labute approximate surface area is 159 Å². The van der Waals surface area contributed by atoms with Gasteiger partial charge in [0.25, 0.3) is 0 Å². The fourth-order valence-corrected chi connectivity index (χ4v) is 4.52. The smallest absolute Gasteiger partial charge is 0.243 e. The van der Waals surface area contributed by atoms with Crippen molar-refractivity contribution >= 4 is 10.0 Å². The molecule has 0 bridgehead atoms. The maximum absolute atomic E-state index is 12.8. The summed E-state index contributed by atoms with van der Waals surface area (Å²) < 4.78 is 32.4. The van der Waals surface area contributed by atoms with Crippen LogP contribution < -0.4 is 0 Å². The van der Waals surface area contributed by atoms with E-state index in [1.807, 2.05) is 13.0 Å². The number of piperazine rings is 1. The molecule has 2 heterocycles. The van der Waals surface area contributed by atoms with Crippen LogP contribution >= 0.6 is 0 Å². The summed E-state index contributed by atoms with van der Waals surface area (Å²) in [5.41, 5.74) is 0.439. The number of sulfonamides is 1. The SMILES string of the molecule is CCCc1noc([C@H](C)N2CCN(S(=O)(=O)c3ccc(C#N)cc3)CC2)n1. The van der Waals surface area contributed by atoms with Gasteiger partial charge in [-0.05, 0) is 37.6 Å². The molecular weight excluding hydrogens is 366 g/mol. The van der Waals surface area contributed by atoms with Crippen LogP contribution in [0.4, 0.5) is 0 Å². The molecule has 0 unspecified atom stereocenters. The summed E-state index contributed by atoms with van der Waals surface area (Å²) in [6.45, 7) is 6.01. The lowest BCUT2D eigenvalue weighted by atomic mass is 10.2. The molecule has 9 heteroatoms. The van der Waals surface area contributed by atoms with Crippen LogP contribution in [0.3, 0.4) is 0 Å². The van der Waals surface area contributed by atoms with Crippen LogP contribution in [0.5, 0.6) is 0 Å². The molecule has 1 fully saturated rings. The highest BCUT2D eigenvalue weighted by atomic mass is 32.2. The van der Waals surface area contributed by atoms with Gasteiger partial charge in [0, 0.05) is 32.6 Å². The predicted octanol–water partition coefficient (Wildman–Crippen LogP) is 1.96. The molecular formula is C18H23N5O3S. The first-order chi connectivity index (χ1) is 13.0. The van der Waals surface area contributed by atoms with Gasteiger partial charge < -0.3 is 4.52 Å². The van der Waals surface area contributed by atoms with Crippen LogP contribution in [0.2, 0.25) is 0 Å². The first kappa shape index (κ1) is 19.5. The van der Waals surface area contributed by atoms with Gasteiger partial charge in [-0.3, -0.25) is 4.90 Å². The number of hydrogen-bond acceptors (Lipinski definition) is 7. The second-order valence-electron chi connectivity index (χ2n) is 6.55. The Morgan fingerprint density at radius 2 is 1.89 bits per heavy atom. The van der Waals surface area contributed by atoms with E-state index in [4.69, 9.17) is 9.78 Å². The van der Waals surface area contributed by atoms with E-state index in [-0.39, 0.29) is 10.9 Å². The van der Waals surface area contributed by atoms with E-state index in [2.05, 4.69) is 22.0 Å². The molecule has 27 heavy (non-hydrogen) atoms. The van der Waals surface area contributed by atoms with Gasteiger partial charge in [-0.25, -0.2) is 8.42 Å². The van der Waals surface area contributed by atoms with Gasteiger partial charge in [0.05, 0.1) is 22.6 Å². The minimum Gasteiger partial charge on any atom is -0.338 e. The first-order valence-corrected chi connectivity index (χ1v) is 10.5. The second-order valence-corrected chi connectivity index (χ2v) is 8.49. The molecule has 0 N–H and O–H groups in total. The predicted molar refractivity (Wildman–Crippen MR) is 98.2 cm³/mol. The van der Waals surface area contributed by atoms with Crippen molar-refractivity contribution in [2.45, 2.75) is 37.6 Å². The normalized spacial score (nSPS) is 17.5. The molecule has 1 atom stereocenters. The largest absolute Gasteiger partial charge is 0.338 e. The zero-order valence-corrected chi connectivity index (χ0v) is 16.3. The number of nitriles is 1. The van der Waals surface area contributed by atoms with E-state index in [9.17, 15) is 8.42 Å². The molecule has 1 aliphatic rings. The standard InChI is InChI=1S/C18H23N5O3S/c1-3-4-17-20-18(26-21-17)14(2)22-9-11-23(12-10-22)27(24,25)16-7-5-15(13-19)6-8-16/h5-8,14H,3-4,9-12H2,1-2H3/t14-/m0/s1. The molecule has 0 radical (unpaired) electrons. The number of aryl methyl sites for hydroxylation is 1. The van der Waals surface area contributed by atoms with Crippen molar-refractivity contribution in [2.24, 2.45) is 0 Å². The monoisotopic (exact) mass is 389 g/mol. The van der Waals surface area contributed by atoms with Crippen molar-refractivity contribution in [3.63, 3.8) is 0 Å². The zero-order chi connectivity index (χ0) is 19.4. The second kappa shape index (κ2) is 8.17. The molecule has 144 valence electrons. The minimum atomic E-state index is -3.56. The van der Waals surface area contributed by atoms with Gasteiger partial charge in [0.15, 0.2) is 5.82 Å². The Morgan fingerprint density at radius 1 is 1.22 bits per heavy atom. The number of nitrogens with zero attached hydrogens (tertiary/aromatic N) is 5. The van der Waals surface area contributed by atoms with Crippen molar-refractivity contribution in [1.82, 2.24) is 19.3 Å². The summed E-state index contributed by atoms with van der Waals surface area (Å²) >= 11 is 0. The Morgan fingerprint density at radius 3 is 2.48 bits per heavy atom. The molecule has 0 spiro atoms. The average Bonchev–Trinajstić information content (AvgIpc) is 3.16. The average molecular weight is 389 g/mol. The molecule has 0 saturated carbocycles. The lowest BCUT2D eigenvalue weighted by Crippen LogP contribution is -2.49. The van der Waals surface area contributed by atoms with Crippen LogP contribution in [0, 0.1) is 11.3 Å². The summed E-state index contributed by atoms with van der Waals surface area (Å²) in [5.74, 6) is 1.28. The molecule has 1 aromatic heterocycles. The van der Waals surface area contributed by atoms with Crippen molar-refractivity contribution in [3.05, 3.63) is 41.5 Å². The lowest BCUT2D eigenvalue weighted by molar-refractivity contribution is 0.124. The Kier molecular flexibility index (Phi) is 5.89. The number of benzene rings is 1. The highest BCUT2D eigenvalue weighted by Crippen LogP contribution is 2.23. The molecule has 1 saturated heterocycles.